The standard InChI is InChI=1S/C13H25N3O2/c1-13(2,3)7-10(8-14)12(18)16-6-5-15(4)11(17)9-16/h10H,5-9,14H2,1-4H3. The molecule has 0 saturated carbocycles. The molecule has 0 aliphatic carbocycles. The quantitative estimate of drug-likeness (QED) is 0.788. The summed E-state index contributed by atoms with van der Waals surface area (Å²) >= 11 is 0. The molecular weight excluding hydrogens is 230 g/mol. The maximum atomic E-state index is 12.3. The van der Waals surface area contributed by atoms with Crippen molar-refractivity contribution in [2.75, 3.05) is 33.2 Å². The maximum Gasteiger partial charge on any atom is 0.241 e. The molecule has 18 heavy (non-hydrogen) atoms. The lowest BCUT2D eigenvalue weighted by molar-refractivity contribution is -0.147. The molecule has 5 nitrogen and oxygen atoms in total. The fraction of sp³-hybridized carbons (Fsp3) is 0.846. The summed E-state index contributed by atoms with van der Waals surface area (Å²) in [6.45, 7) is 8.04. The van der Waals surface area contributed by atoms with Gasteiger partial charge in [0.2, 0.25) is 11.8 Å². The van der Waals surface area contributed by atoms with E-state index >= 15 is 0 Å². The van der Waals surface area contributed by atoms with E-state index in [1.165, 1.54) is 0 Å². The van der Waals surface area contributed by atoms with Gasteiger partial charge in [0.25, 0.3) is 0 Å². The van der Waals surface area contributed by atoms with Crippen LogP contribution in [-0.2, 0) is 9.59 Å². The van der Waals surface area contributed by atoms with E-state index in [1.54, 1.807) is 16.8 Å². The van der Waals surface area contributed by atoms with Crippen LogP contribution in [0.5, 0.6) is 0 Å². The van der Waals surface area contributed by atoms with Crippen molar-refractivity contribution in [1.29, 1.82) is 0 Å². The van der Waals surface area contributed by atoms with E-state index in [1.807, 2.05) is 0 Å². The summed E-state index contributed by atoms with van der Waals surface area (Å²) in [7, 11) is 1.76. The van der Waals surface area contributed by atoms with Gasteiger partial charge < -0.3 is 15.5 Å². The molecule has 0 spiro atoms. The monoisotopic (exact) mass is 255 g/mol. The Hall–Kier alpha value is -1.10. The second kappa shape index (κ2) is 5.69. The second-order valence-electron chi connectivity index (χ2n) is 6.27. The molecule has 1 unspecified atom stereocenters. The summed E-state index contributed by atoms with van der Waals surface area (Å²) in [6.07, 6.45) is 0.753. The molecule has 2 N–H and O–H groups in total. The van der Waals surface area contributed by atoms with Gasteiger partial charge in [0.05, 0.1) is 12.5 Å². The van der Waals surface area contributed by atoms with Crippen molar-refractivity contribution in [2.24, 2.45) is 17.1 Å². The summed E-state index contributed by atoms with van der Waals surface area (Å²) in [5.74, 6) is -0.156. The normalized spacial score (nSPS) is 19.1. The van der Waals surface area contributed by atoms with Gasteiger partial charge in [-0.05, 0) is 11.8 Å². The van der Waals surface area contributed by atoms with Gasteiger partial charge in [-0.1, -0.05) is 20.8 Å². The van der Waals surface area contributed by atoms with E-state index in [2.05, 4.69) is 20.8 Å². The number of hydrogen-bond acceptors (Lipinski definition) is 3. The highest BCUT2D eigenvalue weighted by Crippen LogP contribution is 2.25. The number of likely N-dealkylation sites (N-methyl/N-ethyl adjacent to an activating group) is 1. The SMILES string of the molecule is CN1CCN(C(=O)C(CN)CC(C)(C)C)CC1=O. The van der Waals surface area contributed by atoms with Crippen LogP contribution in [0.1, 0.15) is 27.2 Å². The van der Waals surface area contributed by atoms with Crippen LogP contribution >= 0.6 is 0 Å². The lowest BCUT2D eigenvalue weighted by Gasteiger charge is -2.35. The fourth-order valence-corrected chi connectivity index (χ4v) is 2.22. The Labute approximate surface area is 109 Å². The molecule has 1 atom stereocenters. The van der Waals surface area contributed by atoms with Crippen LogP contribution in [0, 0.1) is 11.3 Å². The Morgan fingerprint density at radius 2 is 2.00 bits per heavy atom. The smallest absolute Gasteiger partial charge is 0.241 e. The van der Waals surface area contributed by atoms with Crippen molar-refractivity contribution < 1.29 is 9.59 Å². The zero-order valence-corrected chi connectivity index (χ0v) is 11.9. The summed E-state index contributed by atoms with van der Waals surface area (Å²) in [5, 5.41) is 0. The van der Waals surface area contributed by atoms with E-state index in [0.717, 1.165) is 6.42 Å². The Morgan fingerprint density at radius 3 is 2.44 bits per heavy atom. The number of amides is 2. The highest BCUT2D eigenvalue weighted by Gasteiger charge is 2.31. The van der Waals surface area contributed by atoms with E-state index in [4.69, 9.17) is 5.73 Å². The number of hydrogen-bond donors (Lipinski definition) is 1. The summed E-state index contributed by atoms with van der Waals surface area (Å²) in [6, 6.07) is 0. The van der Waals surface area contributed by atoms with E-state index < -0.39 is 0 Å². The average molecular weight is 255 g/mol. The average Bonchev–Trinajstić information content (AvgIpc) is 2.27. The van der Waals surface area contributed by atoms with E-state index in [9.17, 15) is 9.59 Å². The number of nitrogens with two attached hydrogens (primary N) is 1. The number of carbonyl (C=O) groups is 2. The van der Waals surface area contributed by atoms with Crippen molar-refractivity contribution in [3.05, 3.63) is 0 Å². The largest absolute Gasteiger partial charge is 0.342 e. The van der Waals surface area contributed by atoms with Gasteiger partial charge in [0.1, 0.15) is 0 Å². The summed E-state index contributed by atoms with van der Waals surface area (Å²) in [5.41, 5.74) is 5.77. The molecule has 0 aromatic heterocycles. The minimum atomic E-state index is -0.179. The predicted octanol–water partition coefficient (Wildman–Crippen LogP) is 0.298. The first-order chi connectivity index (χ1) is 8.24. The van der Waals surface area contributed by atoms with Crippen LogP contribution in [0.2, 0.25) is 0 Å². The maximum absolute atomic E-state index is 12.3. The van der Waals surface area contributed by atoms with Crippen LogP contribution in [0.25, 0.3) is 0 Å². The Balaban J connectivity index is 2.64. The van der Waals surface area contributed by atoms with Gasteiger partial charge in [-0.2, -0.15) is 0 Å². The van der Waals surface area contributed by atoms with Crippen molar-refractivity contribution in [3.63, 3.8) is 0 Å². The molecule has 1 heterocycles. The van der Waals surface area contributed by atoms with Crippen LogP contribution in [0.15, 0.2) is 0 Å². The third kappa shape index (κ3) is 3.98. The molecule has 1 rings (SSSR count). The van der Waals surface area contributed by atoms with Crippen LogP contribution in [0.4, 0.5) is 0 Å². The minimum Gasteiger partial charge on any atom is -0.342 e. The lowest BCUT2D eigenvalue weighted by Crippen LogP contribution is -2.53. The molecule has 0 aromatic carbocycles. The Morgan fingerprint density at radius 1 is 1.39 bits per heavy atom. The highest BCUT2D eigenvalue weighted by molar-refractivity contribution is 5.87. The van der Waals surface area contributed by atoms with Crippen LogP contribution in [-0.4, -0.2) is 54.8 Å². The molecule has 104 valence electrons. The van der Waals surface area contributed by atoms with Crippen molar-refractivity contribution in [3.8, 4) is 0 Å². The van der Waals surface area contributed by atoms with Crippen LogP contribution in [0.3, 0.4) is 0 Å². The van der Waals surface area contributed by atoms with Crippen molar-refractivity contribution >= 4 is 11.8 Å². The molecule has 5 heteroatoms. The second-order valence-corrected chi connectivity index (χ2v) is 6.27. The van der Waals surface area contributed by atoms with Gasteiger partial charge in [-0.15, -0.1) is 0 Å². The number of rotatable bonds is 3. The topological polar surface area (TPSA) is 66.6 Å². The molecule has 1 aliphatic heterocycles. The molecule has 0 radical (unpaired) electrons. The van der Waals surface area contributed by atoms with Crippen molar-refractivity contribution in [2.45, 2.75) is 27.2 Å². The predicted molar refractivity (Wildman–Crippen MR) is 70.8 cm³/mol. The molecular formula is C13H25N3O2. The van der Waals surface area contributed by atoms with Gasteiger partial charge in [0.15, 0.2) is 0 Å². The third-order valence-electron chi connectivity index (χ3n) is 3.26. The first-order valence-electron chi connectivity index (χ1n) is 6.47. The van der Waals surface area contributed by atoms with Gasteiger partial charge >= 0.3 is 0 Å². The molecule has 2 amide bonds. The van der Waals surface area contributed by atoms with E-state index in [0.29, 0.717) is 19.6 Å². The van der Waals surface area contributed by atoms with Crippen LogP contribution < -0.4 is 5.73 Å². The summed E-state index contributed by atoms with van der Waals surface area (Å²) in [4.78, 5) is 27.2. The zero-order chi connectivity index (χ0) is 13.9. The molecule has 1 aliphatic rings. The molecule has 0 aromatic rings. The highest BCUT2D eigenvalue weighted by atomic mass is 16.2. The number of carbonyl (C=O) groups excluding carboxylic acids is 2. The third-order valence-corrected chi connectivity index (χ3v) is 3.26. The zero-order valence-electron chi connectivity index (χ0n) is 11.9. The molecule has 1 saturated heterocycles. The number of piperazine rings is 1. The minimum absolute atomic E-state index is 0.00105. The van der Waals surface area contributed by atoms with Crippen molar-refractivity contribution in [1.82, 2.24) is 9.80 Å². The Bertz CT molecular complexity index is 323. The Kier molecular flexibility index (Phi) is 4.73. The lowest BCUT2D eigenvalue weighted by atomic mass is 9.84. The van der Waals surface area contributed by atoms with E-state index in [-0.39, 0.29) is 29.7 Å². The molecule has 0 bridgehead atoms. The molecule has 1 fully saturated rings. The first kappa shape index (κ1) is 15.0. The number of nitrogens with zero attached hydrogens (tertiary/aromatic N) is 2. The fourth-order valence-electron chi connectivity index (χ4n) is 2.22. The van der Waals surface area contributed by atoms with Gasteiger partial charge in [-0.3, -0.25) is 9.59 Å². The summed E-state index contributed by atoms with van der Waals surface area (Å²) < 4.78 is 0. The van der Waals surface area contributed by atoms with Gasteiger partial charge in [-0.25, -0.2) is 0 Å². The van der Waals surface area contributed by atoms with Gasteiger partial charge in [0, 0.05) is 26.7 Å². The first-order valence-corrected chi connectivity index (χ1v) is 6.47.